The smallest absolute Gasteiger partial charge is 0.223 e. The summed E-state index contributed by atoms with van der Waals surface area (Å²) in [4.78, 5) is 16.5. The Kier molecular flexibility index (Phi) is 8.10. The molecule has 140 valence electrons. The van der Waals surface area contributed by atoms with Crippen molar-refractivity contribution in [1.82, 2.24) is 15.1 Å². The van der Waals surface area contributed by atoms with Crippen LogP contribution in [-0.2, 0) is 11.3 Å². The van der Waals surface area contributed by atoms with Crippen molar-refractivity contribution >= 4 is 18.3 Å². The molecule has 1 fully saturated rings. The largest absolute Gasteiger partial charge is 0.340 e. The summed E-state index contributed by atoms with van der Waals surface area (Å²) in [5.41, 5.74) is 3.80. The molecular formula is C21H28ClN3O. The predicted octanol–water partition coefficient (Wildman–Crippen LogP) is 3.03. The minimum absolute atomic E-state index is 0. The molecule has 3 rings (SSSR count). The molecular weight excluding hydrogens is 346 g/mol. The Bertz CT molecular complexity index is 687. The van der Waals surface area contributed by atoms with Crippen molar-refractivity contribution in [2.45, 2.75) is 13.0 Å². The van der Waals surface area contributed by atoms with Gasteiger partial charge in [0.05, 0.1) is 0 Å². The van der Waals surface area contributed by atoms with Crippen LogP contribution in [0.4, 0.5) is 0 Å². The van der Waals surface area contributed by atoms with Gasteiger partial charge < -0.3 is 15.1 Å². The van der Waals surface area contributed by atoms with Crippen molar-refractivity contribution in [3.05, 3.63) is 60.2 Å². The minimum Gasteiger partial charge on any atom is -0.340 e. The summed E-state index contributed by atoms with van der Waals surface area (Å²) < 4.78 is 0. The third-order valence-electron chi connectivity index (χ3n) is 4.72. The highest BCUT2D eigenvalue weighted by atomic mass is 35.5. The molecule has 5 heteroatoms. The maximum atomic E-state index is 12.3. The van der Waals surface area contributed by atoms with E-state index < -0.39 is 0 Å². The van der Waals surface area contributed by atoms with E-state index in [1.807, 2.05) is 11.0 Å². The lowest BCUT2D eigenvalue weighted by Crippen LogP contribution is -2.47. The Morgan fingerprint density at radius 1 is 1.04 bits per heavy atom. The zero-order valence-electron chi connectivity index (χ0n) is 15.4. The number of piperazine rings is 1. The van der Waals surface area contributed by atoms with Crippen molar-refractivity contribution in [1.29, 1.82) is 0 Å². The van der Waals surface area contributed by atoms with Crippen molar-refractivity contribution in [3.8, 4) is 11.1 Å². The van der Waals surface area contributed by atoms with Gasteiger partial charge in [0, 0.05) is 45.7 Å². The van der Waals surface area contributed by atoms with Crippen LogP contribution in [0.2, 0.25) is 0 Å². The monoisotopic (exact) mass is 373 g/mol. The summed E-state index contributed by atoms with van der Waals surface area (Å²) in [5.74, 6) is 0.268. The lowest BCUT2D eigenvalue weighted by molar-refractivity contribution is -0.132. The highest BCUT2D eigenvalue weighted by molar-refractivity contribution is 5.85. The molecule has 26 heavy (non-hydrogen) atoms. The number of halogens is 1. The summed E-state index contributed by atoms with van der Waals surface area (Å²) in [6.07, 6.45) is 0.587. The molecule has 1 heterocycles. The van der Waals surface area contributed by atoms with Crippen LogP contribution in [0, 0.1) is 0 Å². The third-order valence-corrected chi connectivity index (χ3v) is 4.72. The van der Waals surface area contributed by atoms with Crippen molar-refractivity contribution in [2.24, 2.45) is 0 Å². The van der Waals surface area contributed by atoms with Gasteiger partial charge in [0.2, 0.25) is 5.91 Å². The summed E-state index contributed by atoms with van der Waals surface area (Å²) in [6.45, 7) is 5.11. The fourth-order valence-electron chi connectivity index (χ4n) is 3.29. The molecule has 2 aromatic carbocycles. The van der Waals surface area contributed by atoms with E-state index in [1.165, 1.54) is 16.7 Å². The summed E-state index contributed by atoms with van der Waals surface area (Å²) in [6, 6.07) is 19.0. The number of hydrogen-bond acceptors (Lipinski definition) is 3. The zero-order chi connectivity index (χ0) is 17.5. The van der Waals surface area contributed by atoms with Crippen LogP contribution in [-0.4, -0.2) is 55.5 Å². The standard InChI is InChI=1S/C21H27N3O.ClH/c1-23(14-11-21(25)24-15-12-22-13-16-24)17-19-9-5-6-10-20(19)18-7-3-2-4-8-18;/h2-10,22H,11-17H2,1H3;1H. The number of hydrogen-bond donors (Lipinski definition) is 1. The average Bonchev–Trinajstić information content (AvgIpc) is 2.68. The van der Waals surface area contributed by atoms with E-state index >= 15 is 0 Å². The van der Waals surface area contributed by atoms with Gasteiger partial charge in [0.15, 0.2) is 0 Å². The van der Waals surface area contributed by atoms with Gasteiger partial charge in [-0.25, -0.2) is 0 Å². The molecule has 0 spiro atoms. The van der Waals surface area contributed by atoms with Gasteiger partial charge in [-0.3, -0.25) is 4.79 Å². The molecule has 4 nitrogen and oxygen atoms in total. The fraction of sp³-hybridized carbons (Fsp3) is 0.381. The Morgan fingerprint density at radius 3 is 2.42 bits per heavy atom. The molecule has 1 N–H and O–H groups in total. The number of carbonyl (C=O) groups is 1. The predicted molar refractivity (Wildman–Crippen MR) is 110 cm³/mol. The van der Waals surface area contributed by atoms with Crippen LogP contribution >= 0.6 is 12.4 Å². The molecule has 2 aromatic rings. The molecule has 0 atom stereocenters. The molecule has 0 saturated carbocycles. The third kappa shape index (κ3) is 5.56. The normalized spacial score (nSPS) is 14.2. The SMILES string of the molecule is CN(CCC(=O)N1CCNCC1)Cc1ccccc1-c1ccccc1.Cl. The van der Waals surface area contributed by atoms with Gasteiger partial charge in [-0.15, -0.1) is 12.4 Å². The molecule has 1 aliphatic heterocycles. The van der Waals surface area contributed by atoms with E-state index in [-0.39, 0.29) is 18.3 Å². The number of nitrogens with one attached hydrogen (secondary N) is 1. The van der Waals surface area contributed by atoms with E-state index in [9.17, 15) is 4.79 Å². The van der Waals surface area contributed by atoms with Crippen LogP contribution in [0.15, 0.2) is 54.6 Å². The summed E-state index contributed by atoms with van der Waals surface area (Å²) >= 11 is 0. The Balaban J connectivity index is 0.00000243. The first kappa shape index (κ1) is 20.4. The first-order valence-corrected chi connectivity index (χ1v) is 9.04. The Labute approximate surface area is 162 Å². The van der Waals surface area contributed by atoms with Gasteiger partial charge >= 0.3 is 0 Å². The molecule has 0 aromatic heterocycles. The molecule has 0 bridgehead atoms. The first-order chi connectivity index (χ1) is 12.2. The molecule has 1 amide bonds. The Hall–Kier alpha value is -1.88. The van der Waals surface area contributed by atoms with E-state index in [0.717, 1.165) is 39.3 Å². The van der Waals surface area contributed by atoms with Gasteiger partial charge in [-0.1, -0.05) is 54.6 Å². The maximum Gasteiger partial charge on any atom is 0.223 e. The van der Waals surface area contributed by atoms with E-state index in [0.29, 0.717) is 6.42 Å². The molecule has 1 aliphatic rings. The highest BCUT2D eigenvalue weighted by Gasteiger charge is 2.16. The van der Waals surface area contributed by atoms with Crippen LogP contribution in [0.3, 0.4) is 0 Å². The first-order valence-electron chi connectivity index (χ1n) is 9.04. The van der Waals surface area contributed by atoms with E-state index in [1.54, 1.807) is 0 Å². The highest BCUT2D eigenvalue weighted by Crippen LogP contribution is 2.24. The summed E-state index contributed by atoms with van der Waals surface area (Å²) in [7, 11) is 2.09. The van der Waals surface area contributed by atoms with Crippen LogP contribution in [0.1, 0.15) is 12.0 Å². The second-order valence-electron chi connectivity index (χ2n) is 6.64. The topological polar surface area (TPSA) is 35.6 Å². The zero-order valence-corrected chi connectivity index (χ0v) is 16.2. The number of benzene rings is 2. The maximum absolute atomic E-state index is 12.3. The molecule has 1 saturated heterocycles. The van der Waals surface area contributed by atoms with Crippen molar-refractivity contribution < 1.29 is 4.79 Å². The van der Waals surface area contributed by atoms with Crippen LogP contribution in [0.5, 0.6) is 0 Å². The fourth-order valence-corrected chi connectivity index (χ4v) is 3.29. The van der Waals surface area contributed by atoms with E-state index in [2.05, 4.69) is 65.8 Å². The molecule has 0 aliphatic carbocycles. The van der Waals surface area contributed by atoms with Gasteiger partial charge in [-0.05, 0) is 23.7 Å². The quantitative estimate of drug-likeness (QED) is 0.845. The van der Waals surface area contributed by atoms with Crippen LogP contribution < -0.4 is 5.32 Å². The lowest BCUT2D eigenvalue weighted by Gasteiger charge is -2.28. The average molecular weight is 374 g/mol. The number of rotatable bonds is 6. The summed E-state index contributed by atoms with van der Waals surface area (Å²) in [5, 5.41) is 3.28. The molecule has 0 radical (unpaired) electrons. The number of carbonyl (C=O) groups excluding carboxylic acids is 1. The lowest BCUT2D eigenvalue weighted by atomic mass is 9.99. The number of nitrogens with zero attached hydrogens (tertiary/aromatic N) is 2. The second kappa shape index (κ2) is 10.3. The van der Waals surface area contributed by atoms with Crippen molar-refractivity contribution in [3.63, 3.8) is 0 Å². The van der Waals surface area contributed by atoms with Crippen molar-refractivity contribution in [2.75, 3.05) is 39.8 Å². The van der Waals surface area contributed by atoms with Gasteiger partial charge in [0.1, 0.15) is 0 Å². The van der Waals surface area contributed by atoms with E-state index in [4.69, 9.17) is 0 Å². The Morgan fingerprint density at radius 2 is 1.69 bits per heavy atom. The second-order valence-corrected chi connectivity index (χ2v) is 6.64. The minimum atomic E-state index is 0. The van der Waals surface area contributed by atoms with Gasteiger partial charge in [-0.2, -0.15) is 0 Å². The van der Waals surface area contributed by atoms with Crippen LogP contribution in [0.25, 0.3) is 11.1 Å². The van der Waals surface area contributed by atoms with Gasteiger partial charge in [0.25, 0.3) is 0 Å². The number of amides is 1. The molecule has 0 unspecified atom stereocenters.